The van der Waals surface area contributed by atoms with Gasteiger partial charge in [0, 0.05) is 12.1 Å². The molecule has 0 aliphatic rings. The quantitative estimate of drug-likeness (QED) is 0.576. The first-order valence-corrected chi connectivity index (χ1v) is 6.81. The van der Waals surface area contributed by atoms with Crippen molar-refractivity contribution in [3.8, 4) is 0 Å². The normalized spacial score (nSPS) is 12.2. The largest absolute Gasteiger partial charge is 0.386 e. The molecule has 116 valence electrons. The van der Waals surface area contributed by atoms with Crippen molar-refractivity contribution < 1.29 is 10.0 Å². The van der Waals surface area contributed by atoms with Crippen LogP contribution in [0, 0.1) is 10.1 Å². The van der Waals surface area contributed by atoms with Crippen molar-refractivity contribution in [2.45, 2.75) is 12.6 Å². The van der Waals surface area contributed by atoms with Crippen LogP contribution in [0.3, 0.4) is 0 Å². The molecule has 1 atom stereocenters. The van der Waals surface area contributed by atoms with Crippen LogP contribution in [0.4, 0.5) is 5.69 Å². The van der Waals surface area contributed by atoms with E-state index < -0.39 is 11.0 Å². The molecule has 23 heavy (non-hydrogen) atoms. The number of nitro benzene ring substituents is 1. The highest BCUT2D eigenvalue weighted by Crippen LogP contribution is 2.20. The van der Waals surface area contributed by atoms with Gasteiger partial charge in [-0.2, -0.15) is 0 Å². The van der Waals surface area contributed by atoms with Crippen LogP contribution in [-0.4, -0.2) is 25.0 Å². The lowest BCUT2D eigenvalue weighted by molar-refractivity contribution is -0.385. The van der Waals surface area contributed by atoms with Crippen LogP contribution in [0.15, 0.2) is 53.3 Å². The summed E-state index contributed by atoms with van der Waals surface area (Å²) < 4.78 is 1.05. The lowest BCUT2D eigenvalue weighted by atomic mass is 10.1. The Morgan fingerprint density at radius 2 is 2.00 bits per heavy atom. The number of non-ortho nitro benzene ring substituents is 1. The summed E-state index contributed by atoms with van der Waals surface area (Å²) in [7, 11) is 0. The number of aliphatic hydroxyl groups excluding tert-OH is 1. The summed E-state index contributed by atoms with van der Waals surface area (Å²) in [6.07, 6.45) is -1.11. The van der Waals surface area contributed by atoms with E-state index in [2.05, 4.69) is 10.3 Å². The zero-order valence-corrected chi connectivity index (χ0v) is 11.9. The van der Waals surface area contributed by atoms with Gasteiger partial charge in [-0.1, -0.05) is 29.5 Å². The number of hydrogen-bond donors (Lipinski definition) is 1. The van der Waals surface area contributed by atoms with Gasteiger partial charge in [0.25, 0.3) is 11.2 Å². The molecule has 1 heterocycles. The second-order valence-corrected chi connectivity index (χ2v) is 4.96. The predicted molar refractivity (Wildman–Crippen MR) is 81.9 cm³/mol. The van der Waals surface area contributed by atoms with Crippen molar-refractivity contribution in [3.05, 3.63) is 74.6 Å². The smallest absolute Gasteiger partial charge is 0.277 e. The Balaban J connectivity index is 1.93. The fourth-order valence-electron chi connectivity index (χ4n) is 2.26. The monoisotopic (exact) mass is 312 g/mol. The molecule has 0 spiro atoms. The number of nitrogens with zero attached hydrogens (tertiary/aromatic N) is 4. The van der Waals surface area contributed by atoms with Gasteiger partial charge in [-0.05, 0) is 17.7 Å². The second-order valence-electron chi connectivity index (χ2n) is 4.96. The van der Waals surface area contributed by atoms with Crippen LogP contribution in [0.2, 0.25) is 0 Å². The van der Waals surface area contributed by atoms with Gasteiger partial charge in [0.2, 0.25) is 0 Å². The molecule has 0 aliphatic carbocycles. The molecule has 0 aliphatic heterocycles. The van der Waals surface area contributed by atoms with E-state index in [1.54, 1.807) is 30.3 Å². The summed E-state index contributed by atoms with van der Waals surface area (Å²) in [6, 6.07) is 12.4. The summed E-state index contributed by atoms with van der Waals surface area (Å²) in [5.74, 6) is 0. The summed E-state index contributed by atoms with van der Waals surface area (Å²) in [5.41, 5.74) is 0.304. The molecule has 1 unspecified atom stereocenters. The fourth-order valence-corrected chi connectivity index (χ4v) is 2.26. The van der Waals surface area contributed by atoms with Crippen molar-refractivity contribution in [1.29, 1.82) is 0 Å². The third kappa shape index (κ3) is 2.92. The first-order valence-electron chi connectivity index (χ1n) is 6.81. The van der Waals surface area contributed by atoms with E-state index in [1.165, 1.54) is 18.2 Å². The van der Waals surface area contributed by atoms with Gasteiger partial charge in [-0.3, -0.25) is 14.9 Å². The Hall–Kier alpha value is -3.13. The minimum absolute atomic E-state index is 0.126. The van der Waals surface area contributed by atoms with Crippen LogP contribution in [0.5, 0.6) is 0 Å². The van der Waals surface area contributed by atoms with Crippen LogP contribution in [0.1, 0.15) is 11.7 Å². The summed E-state index contributed by atoms with van der Waals surface area (Å²) >= 11 is 0. The van der Waals surface area contributed by atoms with Crippen molar-refractivity contribution in [2.75, 3.05) is 0 Å². The zero-order valence-electron chi connectivity index (χ0n) is 11.9. The Morgan fingerprint density at radius 3 is 2.78 bits per heavy atom. The fraction of sp³-hybridized carbons (Fsp3) is 0.133. The van der Waals surface area contributed by atoms with E-state index in [0.717, 1.165) is 4.68 Å². The molecular weight excluding hydrogens is 300 g/mol. The van der Waals surface area contributed by atoms with Gasteiger partial charge >= 0.3 is 0 Å². The van der Waals surface area contributed by atoms with Crippen molar-refractivity contribution in [1.82, 2.24) is 15.0 Å². The molecule has 2 aromatic carbocycles. The van der Waals surface area contributed by atoms with Crippen LogP contribution in [-0.2, 0) is 6.54 Å². The first kappa shape index (κ1) is 14.8. The minimum Gasteiger partial charge on any atom is -0.386 e. The highest BCUT2D eigenvalue weighted by atomic mass is 16.6. The lowest BCUT2D eigenvalue weighted by Crippen LogP contribution is -2.27. The van der Waals surface area contributed by atoms with E-state index in [0.29, 0.717) is 16.5 Å². The third-order valence-corrected chi connectivity index (χ3v) is 3.44. The molecule has 1 N–H and O–H groups in total. The molecule has 0 fully saturated rings. The van der Waals surface area contributed by atoms with E-state index >= 15 is 0 Å². The Labute approximate surface area is 129 Å². The lowest BCUT2D eigenvalue weighted by Gasteiger charge is -2.11. The van der Waals surface area contributed by atoms with Crippen molar-refractivity contribution in [2.24, 2.45) is 0 Å². The maximum absolute atomic E-state index is 12.3. The van der Waals surface area contributed by atoms with Crippen LogP contribution >= 0.6 is 0 Å². The number of rotatable bonds is 4. The van der Waals surface area contributed by atoms with E-state index in [9.17, 15) is 20.0 Å². The third-order valence-electron chi connectivity index (χ3n) is 3.44. The predicted octanol–water partition coefficient (Wildman–Crippen LogP) is 1.43. The second kappa shape index (κ2) is 5.93. The maximum atomic E-state index is 12.3. The Morgan fingerprint density at radius 1 is 1.22 bits per heavy atom. The summed E-state index contributed by atoms with van der Waals surface area (Å²) in [5, 5.41) is 29.1. The number of fused-ring (bicyclic) bond motifs is 1. The molecular formula is C15H12N4O4. The van der Waals surface area contributed by atoms with Gasteiger partial charge in [0.05, 0.1) is 23.0 Å². The van der Waals surface area contributed by atoms with Gasteiger partial charge in [0.15, 0.2) is 0 Å². The minimum atomic E-state index is -1.11. The first-order chi connectivity index (χ1) is 11.1. The number of aromatic nitrogens is 3. The van der Waals surface area contributed by atoms with Crippen molar-refractivity contribution in [3.63, 3.8) is 0 Å². The highest BCUT2D eigenvalue weighted by Gasteiger charge is 2.15. The Bertz CT molecular complexity index is 938. The molecule has 0 amide bonds. The number of aliphatic hydroxyl groups is 1. The maximum Gasteiger partial charge on any atom is 0.277 e. The SMILES string of the molecule is O=c1c2ccccc2nnn1CC(O)c1cccc([N+](=O)[O-])c1. The highest BCUT2D eigenvalue weighted by molar-refractivity contribution is 5.76. The van der Waals surface area contributed by atoms with Crippen LogP contribution in [0.25, 0.3) is 10.9 Å². The van der Waals surface area contributed by atoms with Gasteiger partial charge in [-0.15, -0.1) is 5.10 Å². The number of benzene rings is 2. The summed E-state index contributed by atoms with van der Waals surface area (Å²) in [6.45, 7) is -0.141. The topological polar surface area (TPSA) is 111 Å². The van der Waals surface area contributed by atoms with Gasteiger partial charge in [-0.25, -0.2) is 4.68 Å². The molecule has 0 bridgehead atoms. The van der Waals surface area contributed by atoms with Crippen LogP contribution < -0.4 is 5.56 Å². The average Bonchev–Trinajstić information content (AvgIpc) is 2.57. The molecule has 0 radical (unpaired) electrons. The van der Waals surface area contributed by atoms with Gasteiger partial charge < -0.3 is 5.11 Å². The Kier molecular flexibility index (Phi) is 3.82. The number of nitro groups is 1. The number of hydrogen-bond acceptors (Lipinski definition) is 6. The summed E-state index contributed by atoms with van der Waals surface area (Å²) in [4.78, 5) is 22.5. The van der Waals surface area contributed by atoms with E-state index in [1.807, 2.05) is 0 Å². The molecule has 1 aromatic heterocycles. The molecule has 8 heteroatoms. The molecule has 0 saturated heterocycles. The zero-order chi connectivity index (χ0) is 16.4. The molecule has 3 aromatic rings. The van der Waals surface area contributed by atoms with Gasteiger partial charge in [0.1, 0.15) is 5.52 Å². The molecule has 0 saturated carbocycles. The molecule has 3 rings (SSSR count). The van der Waals surface area contributed by atoms with Crippen molar-refractivity contribution >= 4 is 16.6 Å². The van der Waals surface area contributed by atoms with E-state index in [4.69, 9.17) is 0 Å². The van der Waals surface area contributed by atoms with E-state index in [-0.39, 0.29) is 17.8 Å². The average molecular weight is 312 g/mol. The molecule has 8 nitrogen and oxygen atoms in total. The standard InChI is InChI=1S/C15H12N4O4/c20-14(10-4-3-5-11(8-10)19(22)23)9-18-15(21)12-6-1-2-7-13(12)16-17-18/h1-8,14,20H,9H2.